The van der Waals surface area contributed by atoms with E-state index in [1.807, 2.05) is 23.6 Å². The number of hydrogen-bond acceptors (Lipinski definition) is 4. The molecule has 0 fully saturated rings. The van der Waals surface area contributed by atoms with Gasteiger partial charge in [-0.1, -0.05) is 6.07 Å². The van der Waals surface area contributed by atoms with Gasteiger partial charge in [-0.2, -0.15) is 0 Å². The molecule has 18 heavy (non-hydrogen) atoms. The topological polar surface area (TPSA) is 38.3 Å². The summed E-state index contributed by atoms with van der Waals surface area (Å²) in [5.41, 5.74) is 0. The van der Waals surface area contributed by atoms with E-state index in [1.54, 1.807) is 18.4 Å². The van der Waals surface area contributed by atoms with E-state index in [9.17, 15) is 4.79 Å². The van der Waals surface area contributed by atoms with Gasteiger partial charge < -0.3 is 10.1 Å². The Kier molecular flexibility index (Phi) is 4.52. The van der Waals surface area contributed by atoms with Crippen LogP contribution < -0.4 is 5.32 Å². The molecule has 0 radical (unpaired) electrons. The fourth-order valence-electron chi connectivity index (χ4n) is 1.61. The highest BCUT2D eigenvalue weighted by molar-refractivity contribution is 7.12. The zero-order chi connectivity index (χ0) is 13.0. The Morgan fingerprint density at radius 2 is 2.28 bits per heavy atom. The molecule has 0 spiro atoms. The van der Waals surface area contributed by atoms with Crippen LogP contribution in [-0.2, 0) is 4.74 Å². The molecule has 2 aromatic heterocycles. The lowest BCUT2D eigenvalue weighted by molar-refractivity contribution is 0.0841. The first-order chi connectivity index (χ1) is 8.70. The SMILES string of the molecule is CO[C@H](CNC(=O)c1cccs1)c1ccc(C)s1. The first-order valence-corrected chi connectivity index (χ1v) is 7.31. The van der Waals surface area contributed by atoms with E-state index in [-0.39, 0.29) is 12.0 Å². The highest BCUT2D eigenvalue weighted by Crippen LogP contribution is 2.24. The fourth-order valence-corrected chi connectivity index (χ4v) is 3.20. The third kappa shape index (κ3) is 3.19. The average molecular weight is 281 g/mol. The number of methoxy groups -OCH3 is 1. The summed E-state index contributed by atoms with van der Waals surface area (Å²) in [4.78, 5) is 14.9. The average Bonchev–Trinajstić information content (AvgIpc) is 3.01. The summed E-state index contributed by atoms with van der Waals surface area (Å²) in [7, 11) is 1.66. The molecule has 1 N–H and O–H groups in total. The lowest BCUT2D eigenvalue weighted by Gasteiger charge is -2.14. The van der Waals surface area contributed by atoms with Crippen LogP contribution >= 0.6 is 22.7 Å². The van der Waals surface area contributed by atoms with Crippen LogP contribution in [0.1, 0.15) is 25.5 Å². The number of carbonyl (C=O) groups is 1. The van der Waals surface area contributed by atoms with Gasteiger partial charge in [0.15, 0.2) is 0 Å². The number of nitrogens with one attached hydrogen (secondary N) is 1. The lowest BCUT2D eigenvalue weighted by atomic mass is 10.3. The molecule has 1 atom stereocenters. The van der Waals surface area contributed by atoms with E-state index >= 15 is 0 Å². The Bertz CT molecular complexity index is 505. The van der Waals surface area contributed by atoms with Gasteiger partial charge in [-0.3, -0.25) is 4.79 Å². The van der Waals surface area contributed by atoms with Gasteiger partial charge in [0.25, 0.3) is 5.91 Å². The molecule has 2 aromatic rings. The predicted octanol–water partition coefficient (Wildman–Crippen LogP) is 3.24. The van der Waals surface area contributed by atoms with Gasteiger partial charge in [-0.15, -0.1) is 22.7 Å². The second-order valence-electron chi connectivity index (χ2n) is 3.86. The number of aryl methyl sites for hydroxylation is 1. The summed E-state index contributed by atoms with van der Waals surface area (Å²) in [6, 6.07) is 7.80. The number of amides is 1. The fraction of sp³-hybridized carbons (Fsp3) is 0.308. The third-order valence-electron chi connectivity index (χ3n) is 2.56. The van der Waals surface area contributed by atoms with E-state index in [0.717, 1.165) is 9.75 Å². The summed E-state index contributed by atoms with van der Waals surface area (Å²) in [6.07, 6.45) is -0.0763. The van der Waals surface area contributed by atoms with Crippen molar-refractivity contribution in [2.75, 3.05) is 13.7 Å². The van der Waals surface area contributed by atoms with Crippen LogP contribution in [0.15, 0.2) is 29.6 Å². The van der Waals surface area contributed by atoms with Crippen molar-refractivity contribution >= 4 is 28.6 Å². The molecule has 1 amide bonds. The second kappa shape index (κ2) is 6.13. The Balaban J connectivity index is 1.94. The second-order valence-corrected chi connectivity index (χ2v) is 6.13. The first-order valence-electron chi connectivity index (χ1n) is 5.61. The van der Waals surface area contributed by atoms with Crippen molar-refractivity contribution in [2.24, 2.45) is 0 Å². The monoisotopic (exact) mass is 281 g/mol. The number of hydrogen-bond donors (Lipinski definition) is 1. The van der Waals surface area contributed by atoms with Crippen molar-refractivity contribution in [2.45, 2.75) is 13.0 Å². The zero-order valence-electron chi connectivity index (χ0n) is 10.3. The van der Waals surface area contributed by atoms with E-state index in [2.05, 4.69) is 18.3 Å². The maximum absolute atomic E-state index is 11.8. The molecule has 3 nitrogen and oxygen atoms in total. The number of carbonyl (C=O) groups excluding carboxylic acids is 1. The van der Waals surface area contributed by atoms with Gasteiger partial charge in [-0.05, 0) is 30.5 Å². The van der Waals surface area contributed by atoms with Gasteiger partial charge in [0.1, 0.15) is 6.10 Å². The van der Waals surface area contributed by atoms with Crippen LogP contribution in [0.4, 0.5) is 0 Å². The van der Waals surface area contributed by atoms with Crippen LogP contribution in [0, 0.1) is 6.92 Å². The van der Waals surface area contributed by atoms with Gasteiger partial charge in [0, 0.05) is 23.4 Å². The third-order valence-corrected chi connectivity index (χ3v) is 4.52. The van der Waals surface area contributed by atoms with Gasteiger partial charge in [-0.25, -0.2) is 0 Å². The summed E-state index contributed by atoms with van der Waals surface area (Å²) in [5.74, 6) is -0.0414. The minimum atomic E-state index is -0.0763. The molecule has 0 aliphatic heterocycles. The molecule has 0 aliphatic carbocycles. The van der Waals surface area contributed by atoms with Crippen molar-refractivity contribution in [3.8, 4) is 0 Å². The highest BCUT2D eigenvalue weighted by atomic mass is 32.1. The van der Waals surface area contributed by atoms with E-state index in [4.69, 9.17) is 4.74 Å². The molecule has 2 heterocycles. The summed E-state index contributed by atoms with van der Waals surface area (Å²) in [6.45, 7) is 2.55. The number of thiophene rings is 2. The van der Waals surface area contributed by atoms with E-state index in [1.165, 1.54) is 16.2 Å². The minimum Gasteiger partial charge on any atom is -0.374 e. The maximum atomic E-state index is 11.8. The molecular formula is C13H15NO2S2. The van der Waals surface area contributed by atoms with Gasteiger partial charge >= 0.3 is 0 Å². The van der Waals surface area contributed by atoms with Crippen LogP contribution in [0.2, 0.25) is 0 Å². The Morgan fingerprint density at radius 1 is 1.44 bits per heavy atom. The van der Waals surface area contributed by atoms with Crippen LogP contribution in [0.25, 0.3) is 0 Å². The van der Waals surface area contributed by atoms with Crippen LogP contribution in [-0.4, -0.2) is 19.6 Å². The molecule has 96 valence electrons. The summed E-state index contributed by atoms with van der Waals surface area (Å²) < 4.78 is 5.42. The van der Waals surface area contributed by atoms with Crippen molar-refractivity contribution in [1.82, 2.24) is 5.32 Å². The summed E-state index contributed by atoms with van der Waals surface area (Å²) >= 11 is 3.14. The number of rotatable bonds is 5. The molecule has 0 aliphatic rings. The Morgan fingerprint density at radius 3 is 2.83 bits per heavy atom. The molecule has 0 saturated carbocycles. The van der Waals surface area contributed by atoms with E-state index < -0.39 is 0 Å². The molecule has 2 rings (SSSR count). The minimum absolute atomic E-state index is 0.0414. The molecule has 0 saturated heterocycles. The summed E-state index contributed by atoms with van der Waals surface area (Å²) in [5, 5.41) is 4.79. The highest BCUT2D eigenvalue weighted by Gasteiger charge is 2.14. The number of ether oxygens (including phenoxy) is 1. The predicted molar refractivity (Wildman–Crippen MR) is 75.5 cm³/mol. The molecular weight excluding hydrogens is 266 g/mol. The first kappa shape index (κ1) is 13.3. The smallest absolute Gasteiger partial charge is 0.261 e. The molecule has 0 bridgehead atoms. The van der Waals surface area contributed by atoms with Crippen molar-refractivity contribution in [1.29, 1.82) is 0 Å². The molecule has 5 heteroatoms. The Labute approximate surface area is 114 Å². The van der Waals surface area contributed by atoms with Crippen molar-refractivity contribution in [3.05, 3.63) is 44.3 Å². The molecule has 0 aromatic carbocycles. The van der Waals surface area contributed by atoms with E-state index in [0.29, 0.717) is 6.54 Å². The Hall–Kier alpha value is -1.17. The molecule has 0 unspecified atom stereocenters. The lowest BCUT2D eigenvalue weighted by Crippen LogP contribution is -2.28. The normalized spacial score (nSPS) is 12.3. The van der Waals surface area contributed by atoms with Crippen LogP contribution in [0.5, 0.6) is 0 Å². The van der Waals surface area contributed by atoms with Crippen molar-refractivity contribution in [3.63, 3.8) is 0 Å². The zero-order valence-corrected chi connectivity index (χ0v) is 11.9. The van der Waals surface area contributed by atoms with Crippen molar-refractivity contribution < 1.29 is 9.53 Å². The van der Waals surface area contributed by atoms with Gasteiger partial charge in [0.05, 0.1) is 4.88 Å². The quantitative estimate of drug-likeness (QED) is 0.913. The maximum Gasteiger partial charge on any atom is 0.261 e. The van der Waals surface area contributed by atoms with Gasteiger partial charge in [0.2, 0.25) is 0 Å². The van der Waals surface area contributed by atoms with Crippen LogP contribution in [0.3, 0.4) is 0 Å². The largest absolute Gasteiger partial charge is 0.374 e. The standard InChI is InChI=1S/C13H15NO2S2/c1-9-5-6-11(18-9)10(16-2)8-14-13(15)12-4-3-7-17-12/h3-7,10H,8H2,1-2H3,(H,14,15)/t10-/m1/s1.